The van der Waals surface area contributed by atoms with Crippen LogP contribution in [0.5, 0.6) is 0 Å². The van der Waals surface area contributed by atoms with Crippen LogP contribution >= 0.6 is 0 Å². The molecule has 4 rings (SSSR count). The van der Waals surface area contributed by atoms with Crippen molar-refractivity contribution in [1.82, 2.24) is 15.1 Å². The largest absolute Gasteiger partial charge is 0.327 e. The summed E-state index contributed by atoms with van der Waals surface area (Å²) in [6.07, 6.45) is 0. The molecule has 0 aromatic heterocycles. The van der Waals surface area contributed by atoms with Crippen LogP contribution in [0.25, 0.3) is 0 Å². The van der Waals surface area contributed by atoms with Crippen LogP contribution < -0.4 is 10.6 Å². The second kappa shape index (κ2) is 7.91. The third-order valence-corrected chi connectivity index (χ3v) is 5.69. The van der Waals surface area contributed by atoms with Gasteiger partial charge in [0.1, 0.15) is 6.54 Å². The van der Waals surface area contributed by atoms with Crippen LogP contribution in [0.4, 0.5) is 10.5 Å². The van der Waals surface area contributed by atoms with Crippen molar-refractivity contribution in [3.8, 4) is 0 Å². The van der Waals surface area contributed by atoms with Gasteiger partial charge in [0, 0.05) is 12.7 Å². The number of carbonyl (C=O) groups is 3. The molecule has 2 N–H and O–H groups in total. The zero-order chi connectivity index (χ0) is 22.3. The van der Waals surface area contributed by atoms with Gasteiger partial charge in [0.2, 0.25) is 5.91 Å². The van der Waals surface area contributed by atoms with Crippen molar-refractivity contribution >= 4 is 23.5 Å². The first-order valence-corrected chi connectivity index (χ1v) is 10.2. The quantitative estimate of drug-likeness (QED) is 0.801. The van der Waals surface area contributed by atoms with E-state index in [1.807, 2.05) is 63.2 Å². The maximum atomic E-state index is 13.2. The van der Waals surface area contributed by atoms with E-state index in [4.69, 9.17) is 0 Å². The number of hydrogen-bond donors (Lipinski definition) is 2. The summed E-state index contributed by atoms with van der Waals surface area (Å²) in [6, 6.07) is 12.8. The topological polar surface area (TPSA) is 81.8 Å². The van der Waals surface area contributed by atoms with E-state index in [0.29, 0.717) is 17.0 Å². The Kier molecular flexibility index (Phi) is 5.27. The highest BCUT2D eigenvalue weighted by Gasteiger charge is 2.43. The van der Waals surface area contributed by atoms with Gasteiger partial charge in [-0.3, -0.25) is 14.5 Å². The Hall–Kier alpha value is -3.61. The van der Waals surface area contributed by atoms with E-state index in [2.05, 4.69) is 10.6 Å². The summed E-state index contributed by atoms with van der Waals surface area (Å²) in [6.45, 7) is 6.06. The SMILES string of the molecule is Cc1ccc([C@H]2NC(=O)N(C)C3=C2C(=O)N(CC(=O)Nc2cc(C)cc(C)c2)C3)cc1. The van der Waals surface area contributed by atoms with E-state index in [1.165, 1.54) is 9.80 Å². The Balaban J connectivity index is 1.54. The first kappa shape index (κ1) is 20.7. The lowest BCUT2D eigenvalue weighted by Crippen LogP contribution is -2.45. The molecule has 0 saturated carbocycles. The highest BCUT2D eigenvalue weighted by Crippen LogP contribution is 2.35. The smallest absolute Gasteiger partial charge is 0.322 e. The molecule has 0 radical (unpaired) electrons. The van der Waals surface area contributed by atoms with Crippen LogP contribution in [0, 0.1) is 20.8 Å². The number of urea groups is 1. The number of benzene rings is 2. The molecular weight excluding hydrogens is 392 g/mol. The van der Waals surface area contributed by atoms with Crippen LogP contribution in [0.3, 0.4) is 0 Å². The second-order valence-corrected chi connectivity index (χ2v) is 8.30. The monoisotopic (exact) mass is 418 g/mol. The van der Waals surface area contributed by atoms with Gasteiger partial charge in [-0.15, -0.1) is 0 Å². The van der Waals surface area contributed by atoms with Gasteiger partial charge in [0.15, 0.2) is 0 Å². The molecule has 7 heteroatoms. The predicted molar refractivity (Wildman–Crippen MR) is 118 cm³/mol. The molecule has 2 aromatic carbocycles. The van der Waals surface area contributed by atoms with Crippen molar-refractivity contribution in [1.29, 1.82) is 0 Å². The predicted octanol–water partition coefficient (Wildman–Crippen LogP) is 3.04. The van der Waals surface area contributed by atoms with Crippen molar-refractivity contribution in [3.63, 3.8) is 0 Å². The minimum absolute atomic E-state index is 0.0819. The number of nitrogens with zero attached hydrogens (tertiary/aromatic N) is 2. The number of rotatable bonds is 4. The van der Waals surface area contributed by atoms with Crippen LogP contribution in [-0.2, 0) is 9.59 Å². The Morgan fingerprint density at radius 1 is 1.03 bits per heavy atom. The average Bonchev–Trinajstić information content (AvgIpc) is 3.01. The summed E-state index contributed by atoms with van der Waals surface area (Å²) < 4.78 is 0. The molecule has 0 fully saturated rings. The lowest BCUT2D eigenvalue weighted by atomic mass is 9.95. The van der Waals surface area contributed by atoms with E-state index < -0.39 is 6.04 Å². The number of amides is 4. The van der Waals surface area contributed by atoms with Crippen molar-refractivity contribution < 1.29 is 14.4 Å². The van der Waals surface area contributed by atoms with Gasteiger partial charge in [0.05, 0.1) is 23.9 Å². The minimum atomic E-state index is -0.528. The Morgan fingerprint density at radius 3 is 2.32 bits per heavy atom. The van der Waals surface area contributed by atoms with Crippen molar-refractivity contribution in [3.05, 3.63) is 76.0 Å². The lowest BCUT2D eigenvalue weighted by molar-refractivity contribution is -0.130. The zero-order valence-electron chi connectivity index (χ0n) is 18.2. The number of hydrogen-bond acceptors (Lipinski definition) is 3. The highest BCUT2D eigenvalue weighted by molar-refractivity contribution is 6.04. The van der Waals surface area contributed by atoms with Crippen LogP contribution in [0.15, 0.2) is 53.7 Å². The molecule has 0 unspecified atom stereocenters. The highest BCUT2D eigenvalue weighted by atomic mass is 16.2. The number of nitrogens with one attached hydrogen (secondary N) is 2. The van der Waals surface area contributed by atoms with Crippen molar-refractivity contribution in [2.24, 2.45) is 0 Å². The van der Waals surface area contributed by atoms with Gasteiger partial charge in [-0.2, -0.15) is 0 Å². The van der Waals surface area contributed by atoms with Crippen molar-refractivity contribution in [2.75, 3.05) is 25.5 Å². The molecule has 0 aliphatic carbocycles. The summed E-state index contributed by atoms with van der Waals surface area (Å²) in [4.78, 5) is 41.4. The third-order valence-electron chi connectivity index (χ3n) is 5.69. The van der Waals surface area contributed by atoms with E-state index in [0.717, 1.165) is 22.3 Å². The third kappa shape index (κ3) is 4.03. The fourth-order valence-corrected chi connectivity index (χ4v) is 4.18. The summed E-state index contributed by atoms with van der Waals surface area (Å²) in [5.41, 5.74) is 5.91. The molecule has 0 bridgehead atoms. The van der Waals surface area contributed by atoms with Crippen molar-refractivity contribution in [2.45, 2.75) is 26.8 Å². The van der Waals surface area contributed by atoms with E-state index in [9.17, 15) is 14.4 Å². The molecule has 4 amide bonds. The Labute approximate surface area is 181 Å². The standard InChI is InChI=1S/C24H26N4O3/c1-14-5-7-17(8-6-14)22-21-19(27(4)24(31)26-22)12-28(23(21)30)13-20(29)25-18-10-15(2)9-16(3)11-18/h5-11,22H,12-13H2,1-4H3,(H,25,29)(H,26,31)/t22-/m1/s1. The summed E-state index contributed by atoms with van der Waals surface area (Å²) in [7, 11) is 1.64. The van der Waals surface area contributed by atoms with Crippen LogP contribution in [0.1, 0.15) is 28.3 Å². The number of anilines is 1. The lowest BCUT2D eigenvalue weighted by Gasteiger charge is -2.31. The number of aryl methyl sites for hydroxylation is 3. The van der Waals surface area contributed by atoms with Gasteiger partial charge in [0.25, 0.3) is 5.91 Å². The van der Waals surface area contributed by atoms with E-state index >= 15 is 0 Å². The second-order valence-electron chi connectivity index (χ2n) is 8.30. The molecule has 0 spiro atoms. The molecule has 1 atom stereocenters. The van der Waals surface area contributed by atoms with Gasteiger partial charge in [-0.25, -0.2) is 4.79 Å². The minimum Gasteiger partial charge on any atom is -0.327 e. The van der Waals surface area contributed by atoms with Gasteiger partial charge in [-0.1, -0.05) is 35.9 Å². The molecule has 160 valence electrons. The first-order valence-electron chi connectivity index (χ1n) is 10.2. The van der Waals surface area contributed by atoms with Gasteiger partial charge < -0.3 is 15.5 Å². The van der Waals surface area contributed by atoms with E-state index in [-0.39, 0.29) is 30.9 Å². The van der Waals surface area contributed by atoms with Gasteiger partial charge >= 0.3 is 6.03 Å². The Bertz CT molecular complexity index is 1080. The maximum Gasteiger partial charge on any atom is 0.322 e. The summed E-state index contributed by atoms with van der Waals surface area (Å²) >= 11 is 0. The normalized spacial score (nSPS) is 18.3. The molecule has 0 saturated heterocycles. The van der Waals surface area contributed by atoms with Crippen LogP contribution in [0.2, 0.25) is 0 Å². The Morgan fingerprint density at radius 2 is 1.68 bits per heavy atom. The molecule has 2 aliphatic rings. The fourth-order valence-electron chi connectivity index (χ4n) is 4.18. The van der Waals surface area contributed by atoms with E-state index in [1.54, 1.807) is 7.05 Å². The number of carbonyl (C=O) groups excluding carboxylic acids is 3. The maximum absolute atomic E-state index is 13.2. The summed E-state index contributed by atoms with van der Waals surface area (Å²) in [5.74, 6) is -0.505. The fraction of sp³-hybridized carbons (Fsp3) is 0.292. The molecule has 31 heavy (non-hydrogen) atoms. The molecule has 2 heterocycles. The molecule has 2 aliphatic heterocycles. The van der Waals surface area contributed by atoms with Gasteiger partial charge in [-0.05, 0) is 49.6 Å². The van der Waals surface area contributed by atoms with Crippen LogP contribution in [-0.4, -0.2) is 47.8 Å². The molecular formula is C24H26N4O3. The molecule has 7 nitrogen and oxygen atoms in total. The molecule has 2 aromatic rings. The average molecular weight is 418 g/mol. The summed E-state index contributed by atoms with van der Waals surface area (Å²) in [5, 5.41) is 5.78. The number of likely N-dealkylation sites (N-methyl/N-ethyl adjacent to an activating group) is 1. The zero-order valence-corrected chi connectivity index (χ0v) is 18.2. The first-order chi connectivity index (χ1) is 14.7.